The number of rotatable bonds is 1. The largest absolute Gasteiger partial charge is 0.744 e. The highest BCUT2D eigenvalue weighted by Crippen LogP contribution is 2.08. The summed E-state index contributed by atoms with van der Waals surface area (Å²) in [7, 11) is -2.26. The van der Waals surface area contributed by atoms with E-state index in [2.05, 4.69) is 19.1 Å². The highest BCUT2D eigenvalue weighted by molar-refractivity contribution is 7.85. The molecular formula is C14H17NO3S. The summed E-state index contributed by atoms with van der Waals surface area (Å²) >= 11 is 0. The molecule has 0 atom stereocenters. The van der Waals surface area contributed by atoms with Crippen molar-refractivity contribution in [1.29, 1.82) is 0 Å². The zero-order valence-electron chi connectivity index (χ0n) is 11.2. The van der Waals surface area contributed by atoms with Gasteiger partial charge in [0.2, 0.25) is 0 Å². The lowest BCUT2D eigenvalue weighted by Crippen LogP contribution is -2.25. The third-order valence-corrected chi connectivity index (χ3v) is 3.30. The first kappa shape index (κ1) is 15.3. The Morgan fingerprint density at radius 3 is 1.68 bits per heavy atom. The van der Waals surface area contributed by atoms with Crippen molar-refractivity contribution < 1.29 is 17.5 Å². The van der Waals surface area contributed by atoms with Gasteiger partial charge in [-0.25, -0.2) is 13.0 Å². The fourth-order valence-electron chi connectivity index (χ4n) is 1.28. The third-order valence-electron chi connectivity index (χ3n) is 2.45. The number of nitrogens with zero attached hydrogens (tertiary/aromatic N) is 1. The second-order valence-corrected chi connectivity index (χ2v) is 5.69. The van der Waals surface area contributed by atoms with Crippen molar-refractivity contribution in [3.05, 3.63) is 59.9 Å². The summed E-state index contributed by atoms with van der Waals surface area (Å²) in [5, 5.41) is 0. The zero-order valence-corrected chi connectivity index (χ0v) is 12.0. The Bertz CT molecular complexity index is 596. The summed E-state index contributed by atoms with van der Waals surface area (Å²) in [5.41, 5.74) is 2.24. The fourth-order valence-corrected chi connectivity index (χ4v) is 1.75. The zero-order chi connectivity index (χ0) is 14.5. The molecule has 1 aromatic heterocycles. The van der Waals surface area contributed by atoms with Gasteiger partial charge in [0.05, 0.1) is 4.90 Å². The molecule has 2 rings (SSSR count). The summed E-state index contributed by atoms with van der Waals surface area (Å²) in [4.78, 5) is -0.178. The average Bonchev–Trinajstić information content (AvgIpc) is 2.33. The molecule has 2 aromatic rings. The van der Waals surface area contributed by atoms with Crippen molar-refractivity contribution in [3.63, 3.8) is 0 Å². The van der Waals surface area contributed by atoms with Crippen LogP contribution in [0.3, 0.4) is 0 Å². The van der Waals surface area contributed by atoms with Gasteiger partial charge in [0.25, 0.3) is 0 Å². The molecule has 0 aliphatic heterocycles. The molecule has 0 fully saturated rings. The van der Waals surface area contributed by atoms with Crippen LogP contribution >= 0.6 is 0 Å². The Hall–Kier alpha value is -1.72. The SMILES string of the molecule is Cc1cc[n+](C)cc1.Cc1ccc(S(=O)(=O)[O-])cc1. The topological polar surface area (TPSA) is 61.1 Å². The number of aromatic nitrogens is 1. The fraction of sp³-hybridized carbons (Fsp3) is 0.214. The monoisotopic (exact) mass is 279 g/mol. The third kappa shape index (κ3) is 5.63. The summed E-state index contributed by atoms with van der Waals surface area (Å²) in [6, 6.07) is 9.95. The first-order chi connectivity index (χ1) is 8.79. The number of hydrogen-bond donors (Lipinski definition) is 0. The number of hydrogen-bond acceptors (Lipinski definition) is 3. The van der Waals surface area contributed by atoms with Crippen LogP contribution in [0.4, 0.5) is 0 Å². The first-order valence-electron chi connectivity index (χ1n) is 5.73. The number of aryl methyl sites for hydroxylation is 3. The maximum Gasteiger partial charge on any atom is 0.168 e. The van der Waals surface area contributed by atoms with Crippen molar-refractivity contribution in [2.45, 2.75) is 18.7 Å². The molecule has 4 nitrogen and oxygen atoms in total. The summed E-state index contributed by atoms with van der Waals surface area (Å²) < 4.78 is 33.2. The van der Waals surface area contributed by atoms with Gasteiger partial charge in [0, 0.05) is 12.1 Å². The molecule has 19 heavy (non-hydrogen) atoms. The smallest absolute Gasteiger partial charge is 0.168 e. The van der Waals surface area contributed by atoms with Gasteiger partial charge in [-0.2, -0.15) is 0 Å². The standard InChI is InChI=1S/C7H10N.C7H8O3S/c1-7-3-5-8(2)6-4-7;1-6-2-4-7(5-3-6)11(8,9)10/h3-6H,1-2H3;2-5H,1H3,(H,8,9,10)/q+1;/p-1. The Balaban J connectivity index is 0.000000200. The second-order valence-electron chi connectivity index (χ2n) is 4.31. The van der Waals surface area contributed by atoms with Crippen molar-refractivity contribution in [2.75, 3.05) is 0 Å². The van der Waals surface area contributed by atoms with Crippen molar-refractivity contribution in [3.8, 4) is 0 Å². The number of benzene rings is 1. The normalized spacial score (nSPS) is 10.5. The van der Waals surface area contributed by atoms with Gasteiger partial charge in [-0.3, -0.25) is 0 Å². The van der Waals surface area contributed by atoms with Crippen LogP contribution in [0.25, 0.3) is 0 Å². The van der Waals surface area contributed by atoms with E-state index in [1.54, 1.807) is 12.1 Å². The van der Waals surface area contributed by atoms with Gasteiger partial charge in [-0.1, -0.05) is 17.7 Å². The van der Waals surface area contributed by atoms with Crippen molar-refractivity contribution >= 4 is 10.1 Å². The van der Waals surface area contributed by atoms with Crippen molar-refractivity contribution in [1.82, 2.24) is 0 Å². The molecule has 102 valence electrons. The molecule has 0 N–H and O–H groups in total. The van der Waals surface area contributed by atoms with Crippen LogP contribution in [-0.4, -0.2) is 13.0 Å². The van der Waals surface area contributed by atoms with Crippen LogP contribution in [0.1, 0.15) is 11.1 Å². The van der Waals surface area contributed by atoms with Crippen molar-refractivity contribution in [2.24, 2.45) is 7.05 Å². The predicted molar refractivity (Wildman–Crippen MR) is 71.5 cm³/mol. The molecule has 5 heteroatoms. The molecule has 1 heterocycles. The Kier molecular flexibility index (Phi) is 5.20. The van der Waals surface area contributed by atoms with E-state index in [0.29, 0.717) is 0 Å². The van der Waals surface area contributed by atoms with Crippen LogP contribution in [0.15, 0.2) is 53.7 Å². The molecule has 0 radical (unpaired) electrons. The molecule has 0 amide bonds. The lowest BCUT2D eigenvalue weighted by atomic mass is 10.2. The molecule has 0 saturated carbocycles. The van der Waals surface area contributed by atoms with E-state index < -0.39 is 10.1 Å². The van der Waals surface area contributed by atoms with E-state index in [1.807, 2.05) is 30.9 Å². The number of pyridine rings is 1. The van der Waals surface area contributed by atoms with Crippen LogP contribution in [0.5, 0.6) is 0 Å². The molecule has 0 bridgehead atoms. The minimum absolute atomic E-state index is 0.178. The van der Waals surface area contributed by atoms with E-state index in [-0.39, 0.29) is 4.90 Å². The van der Waals surface area contributed by atoms with Gasteiger partial charge in [0.1, 0.15) is 17.2 Å². The summed E-state index contributed by atoms with van der Waals surface area (Å²) in [6.45, 7) is 3.90. The molecule has 0 aliphatic rings. The molecule has 0 aliphatic carbocycles. The minimum Gasteiger partial charge on any atom is -0.744 e. The van der Waals surface area contributed by atoms with Gasteiger partial charge in [-0.15, -0.1) is 0 Å². The lowest BCUT2D eigenvalue weighted by Gasteiger charge is -2.05. The average molecular weight is 279 g/mol. The highest BCUT2D eigenvalue weighted by atomic mass is 32.2. The summed E-state index contributed by atoms with van der Waals surface area (Å²) in [5.74, 6) is 0. The maximum atomic E-state index is 10.4. The molecule has 1 aromatic carbocycles. The van der Waals surface area contributed by atoms with Gasteiger partial charge < -0.3 is 4.55 Å². The Morgan fingerprint density at radius 1 is 0.895 bits per heavy atom. The minimum atomic E-state index is -4.27. The van der Waals surface area contributed by atoms with Gasteiger partial charge in [0.15, 0.2) is 12.4 Å². The van der Waals surface area contributed by atoms with E-state index in [4.69, 9.17) is 0 Å². The van der Waals surface area contributed by atoms with Crippen LogP contribution in [-0.2, 0) is 17.2 Å². The van der Waals surface area contributed by atoms with Crippen LogP contribution in [0, 0.1) is 13.8 Å². The second kappa shape index (κ2) is 6.45. The van der Waals surface area contributed by atoms with Gasteiger partial charge in [-0.05, 0) is 31.5 Å². The predicted octanol–water partition coefficient (Wildman–Crippen LogP) is 1.72. The Morgan fingerprint density at radius 2 is 1.32 bits per heavy atom. The quantitative estimate of drug-likeness (QED) is 0.590. The molecule has 0 saturated heterocycles. The molecule has 0 spiro atoms. The van der Waals surface area contributed by atoms with E-state index >= 15 is 0 Å². The van der Waals surface area contributed by atoms with E-state index in [1.165, 1.54) is 17.7 Å². The molecule has 0 unspecified atom stereocenters. The lowest BCUT2D eigenvalue weighted by molar-refractivity contribution is -0.671. The first-order valence-corrected chi connectivity index (χ1v) is 7.14. The summed E-state index contributed by atoms with van der Waals surface area (Å²) in [6.07, 6.45) is 4.07. The van der Waals surface area contributed by atoms with E-state index in [9.17, 15) is 13.0 Å². The van der Waals surface area contributed by atoms with E-state index in [0.717, 1.165) is 5.56 Å². The van der Waals surface area contributed by atoms with Crippen LogP contribution in [0.2, 0.25) is 0 Å². The molecular weight excluding hydrogens is 262 g/mol. The maximum absolute atomic E-state index is 10.4. The Labute approximate surface area is 114 Å². The van der Waals surface area contributed by atoms with Gasteiger partial charge >= 0.3 is 0 Å². The highest BCUT2D eigenvalue weighted by Gasteiger charge is 1.97. The van der Waals surface area contributed by atoms with Crippen LogP contribution < -0.4 is 4.57 Å².